The van der Waals surface area contributed by atoms with Gasteiger partial charge in [-0.25, -0.2) is 0 Å². The Morgan fingerprint density at radius 3 is 2.22 bits per heavy atom. The van der Waals surface area contributed by atoms with E-state index in [1.54, 1.807) is 0 Å². The highest BCUT2D eigenvalue weighted by Crippen LogP contribution is 2.38. The summed E-state index contributed by atoms with van der Waals surface area (Å²) in [6.45, 7) is 8.43. The van der Waals surface area contributed by atoms with Crippen LogP contribution < -0.4 is 4.74 Å². The average Bonchev–Trinajstić information content (AvgIpc) is 2.85. The molecule has 1 saturated heterocycles. The van der Waals surface area contributed by atoms with Crippen molar-refractivity contribution >= 4 is 17.8 Å². The van der Waals surface area contributed by atoms with Crippen LogP contribution in [0.15, 0.2) is 18.2 Å². The van der Waals surface area contributed by atoms with Crippen LogP contribution in [-0.4, -0.2) is 29.2 Å². The third kappa shape index (κ3) is 4.07. The minimum absolute atomic E-state index is 0.0252. The van der Waals surface area contributed by atoms with Crippen molar-refractivity contribution in [3.8, 4) is 5.75 Å². The van der Waals surface area contributed by atoms with E-state index in [9.17, 15) is 14.4 Å². The monoisotopic (exact) mass is 371 g/mol. The number of carbonyl (C=O) groups is 3. The molecule has 0 radical (unpaired) electrons. The van der Waals surface area contributed by atoms with Crippen LogP contribution >= 0.6 is 0 Å². The van der Waals surface area contributed by atoms with Crippen LogP contribution in [0.1, 0.15) is 64.0 Å². The van der Waals surface area contributed by atoms with Gasteiger partial charge < -0.3 is 4.74 Å². The number of ether oxygens (including phenoxy) is 1. The number of amides is 2. The van der Waals surface area contributed by atoms with E-state index in [-0.39, 0.29) is 42.0 Å². The molecule has 1 aromatic rings. The Morgan fingerprint density at radius 2 is 1.70 bits per heavy atom. The van der Waals surface area contributed by atoms with Crippen LogP contribution in [0.4, 0.5) is 0 Å². The second kappa shape index (κ2) is 7.45. The van der Waals surface area contributed by atoms with Crippen LogP contribution in [-0.2, 0) is 19.8 Å². The quantitative estimate of drug-likeness (QED) is 0.459. The molecule has 27 heavy (non-hydrogen) atoms. The van der Waals surface area contributed by atoms with Gasteiger partial charge in [0.05, 0.1) is 18.3 Å². The van der Waals surface area contributed by atoms with Gasteiger partial charge in [-0.3, -0.25) is 19.3 Å². The molecule has 5 heteroatoms. The molecule has 1 saturated carbocycles. The molecule has 2 fully saturated rings. The minimum atomic E-state index is -0.419. The van der Waals surface area contributed by atoms with Crippen molar-refractivity contribution < 1.29 is 19.1 Å². The largest absolute Gasteiger partial charge is 0.426 e. The van der Waals surface area contributed by atoms with Gasteiger partial charge >= 0.3 is 5.97 Å². The minimum Gasteiger partial charge on any atom is -0.426 e. The predicted octanol–water partition coefficient (Wildman–Crippen LogP) is 3.76. The Labute approximate surface area is 161 Å². The molecule has 2 atom stereocenters. The van der Waals surface area contributed by atoms with Crippen molar-refractivity contribution in [3.63, 3.8) is 0 Å². The molecular weight excluding hydrogens is 342 g/mol. The summed E-state index contributed by atoms with van der Waals surface area (Å²) in [4.78, 5) is 38.5. The first kappa shape index (κ1) is 19.6. The molecule has 0 aromatic heterocycles. The Hall–Kier alpha value is -2.17. The van der Waals surface area contributed by atoms with Crippen LogP contribution in [0.25, 0.3) is 0 Å². The van der Waals surface area contributed by atoms with Crippen molar-refractivity contribution in [3.05, 3.63) is 29.3 Å². The van der Waals surface area contributed by atoms with Crippen LogP contribution in [0.2, 0.25) is 0 Å². The van der Waals surface area contributed by atoms with E-state index in [1.807, 2.05) is 25.1 Å². The molecule has 1 aliphatic carbocycles. The topological polar surface area (TPSA) is 63.7 Å². The van der Waals surface area contributed by atoms with Gasteiger partial charge in [0.15, 0.2) is 0 Å². The van der Waals surface area contributed by atoms with E-state index in [4.69, 9.17) is 4.74 Å². The Kier molecular flexibility index (Phi) is 5.41. The maximum Gasteiger partial charge on any atom is 0.313 e. The first-order chi connectivity index (χ1) is 12.7. The van der Waals surface area contributed by atoms with Crippen molar-refractivity contribution in [1.82, 2.24) is 4.90 Å². The third-order valence-corrected chi connectivity index (χ3v) is 5.74. The van der Waals surface area contributed by atoms with E-state index >= 15 is 0 Å². The summed E-state index contributed by atoms with van der Waals surface area (Å²) in [7, 11) is 0. The number of benzene rings is 1. The number of hydrogen-bond acceptors (Lipinski definition) is 4. The second-order valence-corrected chi connectivity index (χ2v) is 8.78. The summed E-state index contributed by atoms with van der Waals surface area (Å²) in [5.41, 5.74) is 2.10. The number of carbonyl (C=O) groups excluding carboxylic acids is 3. The molecule has 1 aliphatic heterocycles. The zero-order chi connectivity index (χ0) is 19.8. The van der Waals surface area contributed by atoms with E-state index in [1.165, 1.54) is 10.5 Å². The van der Waals surface area contributed by atoms with Gasteiger partial charge in [0.1, 0.15) is 5.75 Å². The first-order valence-corrected chi connectivity index (χ1v) is 9.85. The fourth-order valence-electron chi connectivity index (χ4n) is 4.06. The smallest absolute Gasteiger partial charge is 0.313 e. The Balaban J connectivity index is 1.59. The maximum absolute atomic E-state index is 12.5. The molecule has 0 unspecified atom stereocenters. The maximum atomic E-state index is 12.5. The van der Waals surface area contributed by atoms with Gasteiger partial charge in [-0.2, -0.15) is 0 Å². The summed E-state index contributed by atoms with van der Waals surface area (Å²) in [5, 5.41) is 0. The summed E-state index contributed by atoms with van der Waals surface area (Å²) in [6.07, 6.45) is 3.60. The lowest BCUT2D eigenvalue weighted by molar-refractivity contribution is -0.141. The van der Waals surface area contributed by atoms with Crippen molar-refractivity contribution in [2.24, 2.45) is 11.8 Å². The molecule has 1 heterocycles. The zero-order valence-electron chi connectivity index (χ0n) is 16.7. The summed E-state index contributed by atoms with van der Waals surface area (Å²) >= 11 is 0. The van der Waals surface area contributed by atoms with Gasteiger partial charge in [-0.1, -0.05) is 45.7 Å². The Morgan fingerprint density at radius 1 is 1.11 bits per heavy atom. The zero-order valence-corrected chi connectivity index (χ0v) is 16.7. The predicted molar refractivity (Wildman–Crippen MR) is 102 cm³/mol. The van der Waals surface area contributed by atoms with Crippen LogP contribution in [0.5, 0.6) is 5.75 Å². The number of hydrogen-bond donors (Lipinski definition) is 0. The molecule has 146 valence electrons. The number of imide groups is 1. The molecule has 1 aromatic carbocycles. The number of likely N-dealkylation sites (tertiary alicyclic amines) is 1. The second-order valence-electron chi connectivity index (χ2n) is 8.78. The van der Waals surface area contributed by atoms with Crippen molar-refractivity contribution in [2.75, 3.05) is 6.54 Å². The highest BCUT2D eigenvalue weighted by molar-refractivity contribution is 6.05. The Bertz CT molecular complexity index is 738. The lowest BCUT2D eigenvalue weighted by Gasteiger charge is -2.20. The highest BCUT2D eigenvalue weighted by atomic mass is 16.5. The lowest BCUT2D eigenvalue weighted by Crippen LogP contribution is -2.33. The molecule has 5 nitrogen and oxygen atoms in total. The molecule has 2 amide bonds. The summed E-state index contributed by atoms with van der Waals surface area (Å²) in [6, 6.07) is 5.81. The summed E-state index contributed by atoms with van der Waals surface area (Å²) in [5.74, 6) is -0.451. The van der Waals surface area contributed by atoms with Gasteiger partial charge in [0, 0.05) is 6.54 Å². The molecule has 0 N–H and O–H groups in total. The number of esters is 1. The molecule has 0 spiro atoms. The van der Waals surface area contributed by atoms with Crippen LogP contribution in [0.3, 0.4) is 0 Å². The van der Waals surface area contributed by atoms with Crippen LogP contribution in [0, 0.1) is 18.8 Å². The number of aryl methyl sites for hydroxylation is 1. The normalized spacial score (nSPS) is 22.7. The average molecular weight is 371 g/mol. The van der Waals surface area contributed by atoms with E-state index in [0.29, 0.717) is 5.75 Å². The summed E-state index contributed by atoms with van der Waals surface area (Å²) < 4.78 is 5.47. The number of fused-ring (bicyclic) bond motifs is 1. The number of nitrogens with zero attached hydrogens (tertiary/aromatic N) is 1. The van der Waals surface area contributed by atoms with E-state index < -0.39 is 5.97 Å². The van der Waals surface area contributed by atoms with Gasteiger partial charge in [-0.05, 0) is 42.4 Å². The molecule has 2 aliphatic rings. The van der Waals surface area contributed by atoms with E-state index in [2.05, 4.69) is 20.8 Å². The first-order valence-electron chi connectivity index (χ1n) is 9.85. The van der Waals surface area contributed by atoms with Gasteiger partial charge in [0.25, 0.3) is 0 Å². The number of rotatable bonds is 4. The fraction of sp³-hybridized carbons (Fsp3) is 0.591. The highest BCUT2D eigenvalue weighted by Gasteiger charge is 2.47. The van der Waals surface area contributed by atoms with E-state index in [0.717, 1.165) is 31.2 Å². The fourth-order valence-corrected chi connectivity index (χ4v) is 4.06. The SMILES string of the molecule is Cc1cc(C(C)(C)C)ccc1OC(=O)CCN1C(=O)[C@@H]2CCCC[C@H]2C1=O. The standard InChI is InChI=1S/C22H29NO4/c1-14-13-15(22(2,3)4)9-10-18(14)27-19(24)11-12-23-20(25)16-7-5-6-8-17(16)21(23)26/h9-10,13,16-17H,5-8,11-12H2,1-4H3/t16-,17-/m1/s1. The molecular formula is C22H29NO4. The van der Waals surface area contributed by atoms with Gasteiger partial charge in [-0.15, -0.1) is 0 Å². The molecule has 0 bridgehead atoms. The van der Waals surface area contributed by atoms with Gasteiger partial charge in [0.2, 0.25) is 11.8 Å². The van der Waals surface area contributed by atoms with Crippen molar-refractivity contribution in [1.29, 1.82) is 0 Å². The lowest BCUT2D eigenvalue weighted by atomic mass is 9.81. The molecule has 3 rings (SSSR count). The van der Waals surface area contributed by atoms with Crippen molar-refractivity contribution in [2.45, 2.75) is 65.2 Å². The third-order valence-electron chi connectivity index (χ3n) is 5.74.